The first-order valence-corrected chi connectivity index (χ1v) is 10.6. The lowest BCUT2D eigenvalue weighted by Crippen LogP contribution is -2.24. The number of aryl methyl sites for hydroxylation is 1. The second kappa shape index (κ2) is 8.04. The Hall–Kier alpha value is -3.20. The van der Waals surface area contributed by atoms with E-state index in [1.165, 1.54) is 25.3 Å². The molecule has 0 aliphatic heterocycles. The highest BCUT2D eigenvalue weighted by Gasteiger charge is 2.21. The number of carbonyl (C=O) groups excluding carboxylic acids is 1. The SMILES string of the molecule is CCNC(=O)c1cc(S(=O)(=O)Nc2ccc(C)c3c(NC)c[nH]c23)ccc1OC. The predicted molar refractivity (Wildman–Crippen MR) is 114 cm³/mol. The fourth-order valence-electron chi connectivity index (χ4n) is 3.19. The van der Waals surface area contributed by atoms with Crippen LogP contribution in [0.4, 0.5) is 11.4 Å². The number of ether oxygens (including phenoxy) is 1. The molecular weight excluding hydrogens is 392 g/mol. The van der Waals surface area contributed by atoms with Crippen LogP contribution in [0.25, 0.3) is 10.9 Å². The smallest absolute Gasteiger partial charge is 0.261 e. The molecule has 0 spiro atoms. The molecule has 0 fully saturated rings. The van der Waals surface area contributed by atoms with E-state index in [1.807, 2.05) is 13.0 Å². The van der Waals surface area contributed by atoms with Gasteiger partial charge >= 0.3 is 0 Å². The summed E-state index contributed by atoms with van der Waals surface area (Å²) in [6, 6.07) is 7.74. The number of hydrogen-bond donors (Lipinski definition) is 4. The maximum absolute atomic E-state index is 13.0. The molecule has 1 aromatic heterocycles. The fourth-order valence-corrected chi connectivity index (χ4v) is 4.29. The zero-order chi connectivity index (χ0) is 21.2. The van der Waals surface area contributed by atoms with Crippen molar-refractivity contribution in [3.05, 3.63) is 47.7 Å². The molecule has 4 N–H and O–H groups in total. The maximum Gasteiger partial charge on any atom is 0.261 e. The zero-order valence-electron chi connectivity index (χ0n) is 16.7. The number of sulfonamides is 1. The summed E-state index contributed by atoms with van der Waals surface area (Å²) in [6.07, 6.45) is 1.79. The summed E-state index contributed by atoms with van der Waals surface area (Å²) < 4.78 is 33.9. The fraction of sp³-hybridized carbons (Fsp3) is 0.250. The van der Waals surface area contributed by atoms with Gasteiger partial charge in [-0.05, 0) is 43.7 Å². The Bertz CT molecular complexity index is 1170. The van der Waals surface area contributed by atoms with Crippen molar-refractivity contribution in [1.82, 2.24) is 10.3 Å². The largest absolute Gasteiger partial charge is 0.496 e. The Morgan fingerprint density at radius 2 is 1.93 bits per heavy atom. The number of fused-ring (bicyclic) bond motifs is 1. The van der Waals surface area contributed by atoms with E-state index in [0.717, 1.165) is 16.6 Å². The van der Waals surface area contributed by atoms with Crippen LogP contribution in [0.2, 0.25) is 0 Å². The molecule has 29 heavy (non-hydrogen) atoms. The topological polar surface area (TPSA) is 112 Å². The highest BCUT2D eigenvalue weighted by Crippen LogP contribution is 2.33. The summed E-state index contributed by atoms with van der Waals surface area (Å²) in [5.41, 5.74) is 3.14. The minimum atomic E-state index is -3.94. The van der Waals surface area contributed by atoms with E-state index in [-0.39, 0.29) is 10.5 Å². The average molecular weight is 417 g/mol. The molecule has 0 unspecified atom stereocenters. The first-order valence-electron chi connectivity index (χ1n) is 9.09. The van der Waals surface area contributed by atoms with Crippen LogP contribution in [0, 0.1) is 6.92 Å². The lowest BCUT2D eigenvalue weighted by atomic mass is 10.1. The van der Waals surface area contributed by atoms with Gasteiger partial charge in [0.2, 0.25) is 0 Å². The van der Waals surface area contributed by atoms with Crippen LogP contribution < -0.4 is 20.1 Å². The molecule has 0 radical (unpaired) electrons. The first-order chi connectivity index (χ1) is 13.8. The number of aromatic amines is 1. The summed E-state index contributed by atoms with van der Waals surface area (Å²) in [5.74, 6) is -0.0992. The molecule has 1 amide bonds. The van der Waals surface area contributed by atoms with Crippen molar-refractivity contribution >= 4 is 38.2 Å². The van der Waals surface area contributed by atoms with Crippen molar-refractivity contribution in [2.24, 2.45) is 0 Å². The van der Waals surface area contributed by atoms with Crippen molar-refractivity contribution in [2.45, 2.75) is 18.7 Å². The van der Waals surface area contributed by atoms with E-state index in [1.54, 1.807) is 26.2 Å². The molecule has 1 heterocycles. The standard InChI is InChI=1S/C20H24N4O4S/c1-5-22-20(25)14-10-13(7-9-17(14)28-4)29(26,27)24-15-8-6-12(2)18-16(21-3)11-23-19(15)18/h6-11,21,23-24H,5H2,1-4H3,(H,22,25). The number of nitrogens with one attached hydrogen (secondary N) is 4. The summed E-state index contributed by atoms with van der Waals surface area (Å²) in [4.78, 5) is 15.4. The van der Waals surface area contributed by atoms with Crippen LogP contribution >= 0.6 is 0 Å². The number of carbonyl (C=O) groups is 1. The average Bonchev–Trinajstić information content (AvgIpc) is 3.15. The Morgan fingerprint density at radius 1 is 1.17 bits per heavy atom. The number of benzene rings is 2. The predicted octanol–water partition coefficient (Wildman–Crippen LogP) is 3.08. The van der Waals surface area contributed by atoms with Crippen molar-refractivity contribution in [3.63, 3.8) is 0 Å². The summed E-state index contributed by atoms with van der Waals surface area (Å²) in [5, 5.41) is 6.66. The first kappa shape index (κ1) is 20.5. The molecule has 9 heteroatoms. The number of aromatic nitrogens is 1. The minimum absolute atomic E-state index is 0.0336. The van der Waals surface area contributed by atoms with Gasteiger partial charge in [-0.3, -0.25) is 9.52 Å². The van der Waals surface area contributed by atoms with Gasteiger partial charge in [-0.1, -0.05) is 6.07 Å². The van der Waals surface area contributed by atoms with Gasteiger partial charge in [0.15, 0.2) is 0 Å². The Kier molecular flexibility index (Phi) is 5.69. The number of hydrogen-bond acceptors (Lipinski definition) is 5. The summed E-state index contributed by atoms with van der Waals surface area (Å²) >= 11 is 0. The highest BCUT2D eigenvalue weighted by molar-refractivity contribution is 7.92. The van der Waals surface area contributed by atoms with Crippen molar-refractivity contribution < 1.29 is 17.9 Å². The van der Waals surface area contributed by atoms with Gasteiger partial charge in [0.05, 0.1) is 34.5 Å². The number of H-pyrrole nitrogens is 1. The Morgan fingerprint density at radius 3 is 2.59 bits per heavy atom. The second-order valence-corrected chi connectivity index (χ2v) is 8.14. The minimum Gasteiger partial charge on any atom is -0.496 e. The van der Waals surface area contributed by atoms with Crippen molar-refractivity contribution in [3.8, 4) is 5.75 Å². The van der Waals surface area contributed by atoms with Gasteiger partial charge in [0.1, 0.15) is 5.75 Å². The number of rotatable bonds is 7. The molecule has 2 aromatic carbocycles. The second-order valence-electron chi connectivity index (χ2n) is 6.46. The van der Waals surface area contributed by atoms with Gasteiger partial charge in [0, 0.05) is 25.2 Å². The van der Waals surface area contributed by atoms with Gasteiger partial charge < -0.3 is 20.4 Å². The summed E-state index contributed by atoms with van der Waals surface area (Å²) in [6.45, 7) is 4.15. The lowest BCUT2D eigenvalue weighted by molar-refractivity contribution is 0.0952. The van der Waals surface area contributed by atoms with Crippen LogP contribution in [-0.2, 0) is 10.0 Å². The van der Waals surface area contributed by atoms with Crippen molar-refractivity contribution in [1.29, 1.82) is 0 Å². The number of methoxy groups -OCH3 is 1. The van der Waals surface area contributed by atoms with Crippen LogP contribution in [-0.4, -0.2) is 40.0 Å². The molecule has 0 atom stereocenters. The van der Waals surface area contributed by atoms with E-state index in [2.05, 4.69) is 20.3 Å². The molecule has 0 saturated heterocycles. The Balaban J connectivity index is 2.04. The van der Waals surface area contributed by atoms with Crippen LogP contribution in [0.15, 0.2) is 41.4 Å². The van der Waals surface area contributed by atoms with E-state index >= 15 is 0 Å². The van der Waals surface area contributed by atoms with E-state index < -0.39 is 15.9 Å². The van der Waals surface area contributed by atoms with Gasteiger partial charge in [-0.25, -0.2) is 8.42 Å². The van der Waals surface area contributed by atoms with Crippen LogP contribution in [0.3, 0.4) is 0 Å². The van der Waals surface area contributed by atoms with Gasteiger partial charge in [-0.15, -0.1) is 0 Å². The lowest BCUT2D eigenvalue weighted by Gasteiger charge is -2.13. The third kappa shape index (κ3) is 3.86. The summed E-state index contributed by atoms with van der Waals surface area (Å²) in [7, 11) is -0.704. The number of amides is 1. The molecule has 154 valence electrons. The van der Waals surface area contributed by atoms with Gasteiger partial charge in [-0.2, -0.15) is 0 Å². The zero-order valence-corrected chi connectivity index (χ0v) is 17.5. The van der Waals surface area contributed by atoms with E-state index in [0.29, 0.717) is 23.5 Å². The monoisotopic (exact) mass is 416 g/mol. The highest BCUT2D eigenvalue weighted by atomic mass is 32.2. The molecule has 0 bridgehead atoms. The molecule has 0 aliphatic carbocycles. The normalized spacial score (nSPS) is 11.3. The van der Waals surface area contributed by atoms with Crippen LogP contribution in [0.1, 0.15) is 22.8 Å². The molecule has 3 rings (SSSR count). The maximum atomic E-state index is 13.0. The molecule has 8 nitrogen and oxygen atoms in total. The molecule has 0 saturated carbocycles. The quantitative estimate of drug-likeness (QED) is 0.473. The van der Waals surface area contributed by atoms with Crippen LogP contribution in [0.5, 0.6) is 5.75 Å². The van der Waals surface area contributed by atoms with E-state index in [4.69, 9.17) is 4.74 Å². The molecule has 3 aromatic rings. The third-order valence-electron chi connectivity index (χ3n) is 4.62. The molecular formula is C20H24N4O4S. The van der Waals surface area contributed by atoms with E-state index in [9.17, 15) is 13.2 Å². The number of anilines is 2. The van der Waals surface area contributed by atoms with Gasteiger partial charge in [0.25, 0.3) is 15.9 Å². The molecule has 0 aliphatic rings. The third-order valence-corrected chi connectivity index (χ3v) is 5.98. The Labute approximate surface area is 169 Å². The van der Waals surface area contributed by atoms with Crippen molar-refractivity contribution in [2.75, 3.05) is 30.7 Å².